The van der Waals surface area contributed by atoms with Gasteiger partial charge in [-0.1, -0.05) is 30.3 Å². The number of hydrogen-bond acceptors (Lipinski definition) is 3. The van der Waals surface area contributed by atoms with E-state index >= 15 is 0 Å². The Balaban J connectivity index is 2.24. The lowest BCUT2D eigenvalue weighted by Crippen LogP contribution is -2.27. The van der Waals surface area contributed by atoms with Crippen LogP contribution in [0, 0.1) is 15.9 Å². The molecule has 0 unspecified atom stereocenters. The van der Waals surface area contributed by atoms with E-state index in [4.69, 9.17) is 0 Å². The zero-order valence-electron chi connectivity index (χ0n) is 11.3. The van der Waals surface area contributed by atoms with Crippen LogP contribution in [0.25, 0.3) is 0 Å². The molecule has 0 bridgehead atoms. The van der Waals surface area contributed by atoms with Gasteiger partial charge in [0.05, 0.1) is 4.92 Å². The predicted octanol–water partition coefficient (Wildman–Crippen LogP) is 3.01. The van der Waals surface area contributed by atoms with Crippen molar-refractivity contribution in [1.82, 2.24) is 4.90 Å². The molecule has 21 heavy (non-hydrogen) atoms. The summed E-state index contributed by atoms with van der Waals surface area (Å²) in [4.78, 5) is 23.9. The van der Waals surface area contributed by atoms with E-state index < -0.39 is 16.6 Å². The van der Waals surface area contributed by atoms with Gasteiger partial charge in [-0.25, -0.2) is 4.39 Å². The van der Waals surface area contributed by atoms with Crippen molar-refractivity contribution in [2.24, 2.45) is 0 Å². The predicted molar refractivity (Wildman–Crippen MR) is 75.3 cm³/mol. The average molecular weight is 288 g/mol. The zero-order valence-corrected chi connectivity index (χ0v) is 11.3. The first kappa shape index (κ1) is 14.6. The first-order valence-electron chi connectivity index (χ1n) is 6.23. The van der Waals surface area contributed by atoms with E-state index in [-0.39, 0.29) is 17.8 Å². The Morgan fingerprint density at radius 3 is 2.48 bits per heavy atom. The SMILES string of the molecule is CN(Cc1ccccc1F)C(=O)c1ccccc1[N+](=O)[O-]. The zero-order chi connectivity index (χ0) is 15.4. The van der Waals surface area contributed by atoms with Gasteiger partial charge < -0.3 is 4.90 Å². The van der Waals surface area contributed by atoms with Crippen LogP contribution in [-0.2, 0) is 6.54 Å². The highest BCUT2D eigenvalue weighted by Crippen LogP contribution is 2.20. The molecule has 0 atom stereocenters. The van der Waals surface area contributed by atoms with Crippen molar-refractivity contribution in [1.29, 1.82) is 0 Å². The Labute approximate surface area is 120 Å². The molecule has 0 spiro atoms. The second-order valence-electron chi connectivity index (χ2n) is 4.53. The summed E-state index contributed by atoms with van der Waals surface area (Å²) >= 11 is 0. The number of carbonyl (C=O) groups excluding carboxylic acids is 1. The molecular weight excluding hydrogens is 275 g/mol. The molecule has 1 amide bonds. The maximum atomic E-state index is 13.6. The van der Waals surface area contributed by atoms with Gasteiger partial charge in [-0.05, 0) is 12.1 Å². The van der Waals surface area contributed by atoms with E-state index in [0.29, 0.717) is 5.56 Å². The normalized spacial score (nSPS) is 10.2. The molecular formula is C15H13FN2O3. The van der Waals surface area contributed by atoms with Gasteiger partial charge in [0.1, 0.15) is 11.4 Å². The van der Waals surface area contributed by atoms with Crippen LogP contribution in [0.5, 0.6) is 0 Å². The number of rotatable bonds is 4. The molecule has 0 saturated heterocycles. The lowest BCUT2D eigenvalue weighted by Gasteiger charge is -2.17. The fraction of sp³-hybridized carbons (Fsp3) is 0.133. The highest BCUT2D eigenvalue weighted by molar-refractivity contribution is 5.97. The fourth-order valence-electron chi connectivity index (χ4n) is 1.97. The van der Waals surface area contributed by atoms with Crippen molar-refractivity contribution in [3.63, 3.8) is 0 Å². The quantitative estimate of drug-likeness (QED) is 0.641. The van der Waals surface area contributed by atoms with Crippen LogP contribution < -0.4 is 0 Å². The third-order valence-corrected chi connectivity index (χ3v) is 3.04. The molecule has 0 radical (unpaired) electrons. The van der Waals surface area contributed by atoms with Gasteiger partial charge in [0.15, 0.2) is 0 Å². The van der Waals surface area contributed by atoms with E-state index in [1.807, 2.05) is 0 Å². The Morgan fingerprint density at radius 1 is 1.19 bits per heavy atom. The smallest absolute Gasteiger partial charge is 0.282 e. The topological polar surface area (TPSA) is 63.5 Å². The number of benzene rings is 2. The molecule has 0 saturated carbocycles. The number of nitro benzene ring substituents is 1. The van der Waals surface area contributed by atoms with Gasteiger partial charge in [-0.15, -0.1) is 0 Å². The van der Waals surface area contributed by atoms with Crippen molar-refractivity contribution < 1.29 is 14.1 Å². The first-order valence-corrected chi connectivity index (χ1v) is 6.23. The molecule has 0 aliphatic heterocycles. The van der Waals surface area contributed by atoms with E-state index in [9.17, 15) is 19.3 Å². The number of carbonyl (C=O) groups is 1. The second-order valence-corrected chi connectivity index (χ2v) is 4.53. The summed E-state index contributed by atoms with van der Waals surface area (Å²) < 4.78 is 13.6. The van der Waals surface area contributed by atoms with Gasteiger partial charge in [-0.3, -0.25) is 14.9 Å². The highest BCUT2D eigenvalue weighted by Gasteiger charge is 2.22. The summed E-state index contributed by atoms with van der Waals surface area (Å²) in [6.07, 6.45) is 0. The maximum absolute atomic E-state index is 13.6. The van der Waals surface area contributed by atoms with Crippen molar-refractivity contribution >= 4 is 11.6 Å². The minimum atomic E-state index is -0.607. The van der Waals surface area contributed by atoms with E-state index in [0.717, 1.165) is 0 Å². The second kappa shape index (κ2) is 6.13. The molecule has 0 aliphatic carbocycles. The molecule has 2 aromatic rings. The van der Waals surface area contributed by atoms with Crippen LogP contribution in [0.1, 0.15) is 15.9 Å². The molecule has 0 aromatic heterocycles. The number of nitro groups is 1. The van der Waals surface area contributed by atoms with Gasteiger partial charge in [0, 0.05) is 25.2 Å². The molecule has 0 aliphatic rings. The minimum Gasteiger partial charge on any atom is -0.337 e. The van der Waals surface area contributed by atoms with E-state index in [1.54, 1.807) is 24.3 Å². The standard InChI is InChI=1S/C15H13FN2O3/c1-17(10-11-6-2-4-8-13(11)16)15(19)12-7-3-5-9-14(12)18(20)21/h2-9H,10H2,1H3. The molecule has 6 heteroatoms. The Morgan fingerprint density at radius 2 is 1.81 bits per heavy atom. The summed E-state index contributed by atoms with van der Waals surface area (Å²) in [5.74, 6) is -0.940. The number of para-hydroxylation sites is 1. The van der Waals surface area contributed by atoms with Crippen molar-refractivity contribution in [2.75, 3.05) is 7.05 Å². The van der Waals surface area contributed by atoms with Crippen LogP contribution >= 0.6 is 0 Å². The van der Waals surface area contributed by atoms with Crippen LogP contribution in [0.2, 0.25) is 0 Å². The van der Waals surface area contributed by atoms with E-state index in [2.05, 4.69) is 0 Å². The van der Waals surface area contributed by atoms with Crippen molar-refractivity contribution in [3.8, 4) is 0 Å². The summed E-state index contributed by atoms with van der Waals surface area (Å²) in [6, 6.07) is 11.8. The van der Waals surface area contributed by atoms with Crippen LogP contribution in [-0.4, -0.2) is 22.8 Å². The lowest BCUT2D eigenvalue weighted by molar-refractivity contribution is -0.385. The van der Waals surface area contributed by atoms with Crippen LogP contribution in [0.4, 0.5) is 10.1 Å². The number of nitrogens with zero attached hydrogens (tertiary/aromatic N) is 2. The maximum Gasteiger partial charge on any atom is 0.282 e. The van der Waals surface area contributed by atoms with Crippen LogP contribution in [0.15, 0.2) is 48.5 Å². The van der Waals surface area contributed by atoms with Gasteiger partial charge in [0.2, 0.25) is 0 Å². The molecule has 108 valence electrons. The number of halogens is 1. The van der Waals surface area contributed by atoms with Crippen molar-refractivity contribution in [3.05, 3.63) is 75.6 Å². The summed E-state index contributed by atoms with van der Waals surface area (Å²) in [5.41, 5.74) is 0.0798. The monoisotopic (exact) mass is 288 g/mol. The van der Waals surface area contributed by atoms with Gasteiger partial charge in [-0.2, -0.15) is 0 Å². The molecule has 5 nitrogen and oxygen atoms in total. The molecule has 2 aromatic carbocycles. The molecule has 0 fully saturated rings. The highest BCUT2D eigenvalue weighted by atomic mass is 19.1. The summed E-state index contributed by atoms with van der Waals surface area (Å²) in [5, 5.41) is 10.9. The average Bonchev–Trinajstić information content (AvgIpc) is 2.48. The molecule has 0 N–H and O–H groups in total. The fourth-order valence-corrected chi connectivity index (χ4v) is 1.97. The molecule has 2 rings (SSSR count). The molecule has 0 heterocycles. The van der Waals surface area contributed by atoms with Crippen LogP contribution in [0.3, 0.4) is 0 Å². The number of amides is 1. The largest absolute Gasteiger partial charge is 0.337 e. The van der Waals surface area contributed by atoms with Gasteiger partial charge in [0.25, 0.3) is 11.6 Å². The minimum absolute atomic E-state index is 0.0126. The first-order chi connectivity index (χ1) is 10.0. The summed E-state index contributed by atoms with van der Waals surface area (Å²) in [6.45, 7) is 0.0392. The third kappa shape index (κ3) is 3.22. The Hall–Kier alpha value is -2.76. The summed E-state index contributed by atoms with van der Waals surface area (Å²) in [7, 11) is 1.48. The Kier molecular flexibility index (Phi) is 4.27. The Bertz CT molecular complexity index is 688. The van der Waals surface area contributed by atoms with E-state index in [1.165, 1.54) is 36.2 Å². The van der Waals surface area contributed by atoms with Crippen molar-refractivity contribution in [2.45, 2.75) is 6.54 Å². The number of hydrogen-bond donors (Lipinski definition) is 0. The van der Waals surface area contributed by atoms with Gasteiger partial charge >= 0.3 is 0 Å². The lowest BCUT2D eigenvalue weighted by atomic mass is 10.1. The third-order valence-electron chi connectivity index (χ3n) is 3.04.